The zero-order valence-electron chi connectivity index (χ0n) is 10.1. The highest BCUT2D eigenvalue weighted by Gasteiger charge is 2.12. The van der Waals surface area contributed by atoms with Gasteiger partial charge >= 0.3 is 5.69 Å². The number of fused-ring (bicyclic) bond motifs is 1. The lowest BCUT2D eigenvalue weighted by atomic mass is 10.3. The molecule has 0 radical (unpaired) electrons. The van der Waals surface area contributed by atoms with E-state index in [1.54, 1.807) is 11.6 Å². The number of hydrogen-bond donors (Lipinski definition) is 2. The van der Waals surface area contributed by atoms with Gasteiger partial charge in [-0.2, -0.15) is 12.6 Å². The minimum Gasteiger partial charge on any atom is -0.354 e. The number of aromatic nitrogens is 2. The number of rotatable bonds is 4. The first-order chi connectivity index (χ1) is 8.65. The number of carbonyl (C=O) groups is 1. The van der Waals surface area contributed by atoms with Gasteiger partial charge in [0.05, 0.1) is 11.0 Å². The van der Waals surface area contributed by atoms with E-state index in [0.717, 1.165) is 11.0 Å². The summed E-state index contributed by atoms with van der Waals surface area (Å²) in [6.07, 6.45) is 0. The van der Waals surface area contributed by atoms with E-state index >= 15 is 0 Å². The largest absolute Gasteiger partial charge is 0.354 e. The van der Waals surface area contributed by atoms with E-state index in [4.69, 9.17) is 0 Å². The molecule has 1 aromatic carbocycles. The molecule has 1 aromatic heterocycles. The smallest absolute Gasteiger partial charge is 0.329 e. The van der Waals surface area contributed by atoms with Gasteiger partial charge in [-0.05, 0) is 12.1 Å². The Hall–Kier alpha value is -1.69. The minimum absolute atomic E-state index is 0.0357. The van der Waals surface area contributed by atoms with Crippen molar-refractivity contribution in [2.45, 2.75) is 6.54 Å². The molecule has 0 saturated heterocycles. The van der Waals surface area contributed by atoms with Gasteiger partial charge in [0.1, 0.15) is 6.54 Å². The van der Waals surface area contributed by atoms with Crippen molar-refractivity contribution >= 4 is 29.6 Å². The van der Waals surface area contributed by atoms with Gasteiger partial charge in [0.2, 0.25) is 5.91 Å². The monoisotopic (exact) mass is 265 g/mol. The quantitative estimate of drug-likeness (QED) is 0.786. The number of imidazole rings is 1. The molecule has 96 valence electrons. The van der Waals surface area contributed by atoms with Crippen molar-refractivity contribution < 1.29 is 4.79 Å². The molecule has 0 aliphatic carbocycles. The average Bonchev–Trinajstić information content (AvgIpc) is 2.62. The maximum Gasteiger partial charge on any atom is 0.329 e. The molecule has 1 heterocycles. The van der Waals surface area contributed by atoms with Crippen LogP contribution in [-0.4, -0.2) is 27.3 Å². The molecule has 0 aliphatic heterocycles. The number of amides is 1. The summed E-state index contributed by atoms with van der Waals surface area (Å²) in [5.74, 6) is 0.401. The lowest BCUT2D eigenvalue weighted by molar-refractivity contribution is -0.121. The van der Waals surface area contributed by atoms with Crippen LogP contribution in [0.4, 0.5) is 0 Å². The molecule has 2 rings (SSSR count). The highest BCUT2D eigenvalue weighted by molar-refractivity contribution is 7.80. The fourth-order valence-electron chi connectivity index (χ4n) is 1.91. The van der Waals surface area contributed by atoms with Gasteiger partial charge < -0.3 is 5.32 Å². The Balaban J connectivity index is 2.36. The van der Waals surface area contributed by atoms with Crippen LogP contribution in [0.3, 0.4) is 0 Å². The first-order valence-electron chi connectivity index (χ1n) is 5.67. The third-order valence-electron chi connectivity index (χ3n) is 2.79. The first-order valence-corrected chi connectivity index (χ1v) is 6.30. The van der Waals surface area contributed by atoms with Crippen LogP contribution in [0.1, 0.15) is 0 Å². The molecule has 1 N–H and O–H groups in total. The summed E-state index contributed by atoms with van der Waals surface area (Å²) in [5.41, 5.74) is 1.41. The second-order valence-electron chi connectivity index (χ2n) is 3.99. The average molecular weight is 265 g/mol. The number of benzene rings is 1. The van der Waals surface area contributed by atoms with E-state index in [2.05, 4.69) is 17.9 Å². The van der Waals surface area contributed by atoms with Crippen LogP contribution < -0.4 is 11.0 Å². The van der Waals surface area contributed by atoms with Crippen LogP contribution >= 0.6 is 12.6 Å². The summed E-state index contributed by atoms with van der Waals surface area (Å²) < 4.78 is 3.02. The van der Waals surface area contributed by atoms with E-state index in [-0.39, 0.29) is 18.1 Å². The first kappa shape index (κ1) is 12.8. The van der Waals surface area contributed by atoms with Crippen molar-refractivity contribution in [3.05, 3.63) is 34.7 Å². The third kappa shape index (κ3) is 2.28. The second kappa shape index (κ2) is 5.30. The van der Waals surface area contributed by atoms with Gasteiger partial charge in [-0.25, -0.2) is 4.79 Å². The van der Waals surface area contributed by atoms with Crippen LogP contribution in [0.15, 0.2) is 29.1 Å². The maximum atomic E-state index is 12.0. The third-order valence-corrected chi connectivity index (χ3v) is 3.01. The van der Waals surface area contributed by atoms with E-state index in [1.807, 2.05) is 24.3 Å². The Morgan fingerprint density at radius 1 is 1.33 bits per heavy atom. The summed E-state index contributed by atoms with van der Waals surface area (Å²) >= 11 is 4.02. The molecule has 0 saturated carbocycles. The van der Waals surface area contributed by atoms with Crippen molar-refractivity contribution in [1.82, 2.24) is 14.5 Å². The molecule has 0 spiro atoms. The molecule has 5 nitrogen and oxygen atoms in total. The molecule has 18 heavy (non-hydrogen) atoms. The normalized spacial score (nSPS) is 10.8. The Morgan fingerprint density at radius 2 is 2.00 bits per heavy atom. The highest BCUT2D eigenvalue weighted by Crippen LogP contribution is 2.10. The Kier molecular flexibility index (Phi) is 3.76. The SMILES string of the molecule is Cn1c(=O)n(CC(=O)NCCS)c2ccccc21. The fourth-order valence-corrected chi connectivity index (χ4v) is 2.02. The maximum absolute atomic E-state index is 12.0. The molecule has 0 unspecified atom stereocenters. The van der Waals surface area contributed by atoms with E-state index in [1.165, 1.54) is 4.57 Å². The molecular weight excluding hydrogens is 250 g/mol. The summed E-state index contributed by atoms with van der Waals surface area (Å²) in [6.45, 7) is 0.537. The topological polar surface area (TPSA) is 56.0 Å². The van der Waals surface area contributed by atoms with Crippen LogP contribution in [-0.2, 0) is 18.4 Å². The van der Waals surface area contributed by atoms with Crippen LogP contribution in [0.2, 0.25) is 0 Å². The van der Waals surface area contributed by atoms with Crippen molar-refractivity contribution in [1.29, 1.82) is 0 Å². The zero-order chi connectivity index (χ0) is 13.1. The van der Waals surface area contributed by atoms with E-state index < -0.39 is 0 Å². The van der Waals surface area contributed by atoms with Gasteiger partial charge in [0.25, 0.3) is 0 Å². The number of nitrogens with one attached hydrogen (secondary N) is 1. The van der Waals surface area contributed by atoms with Gasteiger partial charge in [-0.1, -0.05) is 12.1 Å². The van der Waals surface area contributed by atoms with Crippen molar-refractivity contribution in [3.63, 3.8) is 0 Å². The molecule has 1 amide bonds. The molecular formula is C12H15N3O2S. The standard InChI is InChI=1S/C12H15N3O2S/c1-14-9-4-2-3-5-10(9)15(12(14)17)8-11(16)13-6-7-18/h2-5,18H,6-8H2,1H3,(H,13,16). The van der Waals surface area contributed by atoms with Crippen molar-refractivity contribution in [3.8, 4) is 0 Å². The summed E-state index contributed by atoms with van der Waals surface area (Å²) in [5, 5.41) is 2.70. The predicted octanol–water partition coefficient (Wildman–Crippen LogP) is 0.386. The van der Waals surface area contributed by atoms with Gasteiger partial charge in [-0.3, -0.25) is 13.9 Å². The fraction of sp³-hybridized carbons (Fsp3) is 0.333. The number of thiol groups is 1. The summed E-state index contributed by atoms with van der Waals surface area (Å²) in [6, 6.07) is 7.42. The number of nitrogens with zero attached hydrogens (tertiary/aromatic N) is 2. The molecule has 2 aromatic rings. The molecule has 0 atom stereocenters. The second-order valence-corrected chi connectivity index (χ2v) is 4.44. The number of carbonyl (C=O) groups excluding carboxylic acids is 1. The molecule has 0 fully saturated rings. The summed E-state index contributed by atoms with van der Waals surface area (Å²) in [7, 11) is 1.70. The van der Waals surface area contributed by atoms with Gasteiger partial charge in [-0.15, -0.1) is 0 Å². The van der Waals surface area contributed by atoms with Crippen LogP contribution in [0.25, 0.3) is 11.0 Å². The van der Waals surface area contributed by atoms with Gasteiger partial charge in [0, 0.05) is 19.3 Å². The van der Waals surface area contributed by atoms with Gasteiger partial charge in [0.15, 0.2) is 0 Å². The lowest BCUT2D eigenvalue weighted by Crippen LogP contribution is -2.33. The Bertz CT molecular complexity index is 630. The van der Waals surface area contributed by atoms with Crippen molar-refractivity contribution in [2.75, 3.05) is 12.3 Å². The van der Waals surface area contributed by atoms with E-state index in [0.29, 0.717) is 12.3 Å². The summed E-state index contributed by atoms with van der Waals surface area (Å²) in [4.78, 5) is 23.7. The predicted molar refractivity (Wildman–Crippen MR) is 74.0 cm³/mol. The highest BCUT2D eigenvalue weighted by atomic mass is 32.1. The minimum atomic E-state index is -0.183. The van der Waals surface area contributed by atoms with Crippen LogP contribution in [0, 0.1) is 0 Å². The molecule has 0 aliphatic rings. The number of hydrogen-bond acceptors (Lipinski definition) is 3. The van der Waals surface area contributed by atoms with Crippen molar-refractivity contribution in [2.24, 2.45) is 7.05 Å². The number of para-hydroxylation sites is 2. The molecule has 0 bridgehead atoms. The van der Waals surface area contributed by atoms with Crippen LogP contribution in [0.5, 0.6) is 0 Å². The van der Waals surface area contributed by atoms with E-state index in [9.17, 15) is 9.59 Å². The number of aryl methyl sites for hydroxylation is 1. The zero-order valence-corrected chi connectivity index (χ0v) is 11.0. The molecule has 6 heteroatoms. The Labute approximate surface area is 110 Å². The Morgan fingerprint density at radius 3 is 2.67 bits per heavy atom. The lowest BCUT2D eigenvalue weighted by Gasteiger charge is -2.04.